The Balaban J connectivity index is 2.01. The molecular formula is C21H21N3O5. The number of carbonyl (C=O) groups is 1. The molecule has 29 heavy (non-hydrogen) atoms. The van der Waals surface area contributed by atoms with Gasteiger partial charge in [0.1, 0.15) is 11.4 Å². The van der Waals surface area contributed by atoms with Gasteiger partial charge in [-0.05, 0) is 17.7 Å². The van der Waals surface area contributed by atoms with Crippen molar-refractivity contribution in [2.75, 3.05) is 26.6 Å². The van der Waals surface area contributed by atoms with Crippen molar-refractivity contribution in [2.24, 2.45) is 0 Å². The normalized spacial score (nSPS) is 10.3. The summed E-state index contributed by atoms with van der Waals surface area (Å²) in [5.41, 5.74) is 1.58. The van der Waals surface area contributed by atoms with E-state index in [2.05, 4.69) is 15.3 Å². The van der Waals surface area contributed by atoms with Crippen LogP contribution in [0.3, 0.4) is 0 Å². The average Bonchev–Trinajstić information content (AvgIpc) is 2.76. The second-order valence-electron chi connectivity index (χ2n) is 6.01. The Kier molecular flexibility index (Phi) is 6.13. The largest absolute Gasteiger partial charge is 0.493 e. The summed E-state index contributed by atoms with van der Waals surface area (Å²) in [7, 11) is 4.55. The molecule has 3 aromatic rings. The number of aromatic nitrogens is 2. The second kappa shape index (κ2) is 8.92. The molecule has 0 aliphatic heterocycles. The van der Waals surface area contributed by atoms with E-state index < -0.39 is 5.97 Å². The summed E-state index contributed by atoms with van der Waals surface area (Å²) in [4.78, 5) is 20.2. The minimum Gasteiger partial charge on any atom is -0.493 e. The lowest BCUT2D eigenvalue weighted by molar-refractivity contribution is 0.0697. The second-order valence-corrected chi connectivity index (χ2v) is 6.01. The summed E-state index contributed by atoms with van der Waals surface area (Å²) in [6.45, 7) is 0.423. The molecule has 0 saturated carbocycles. The van der Waals surface area contributed by atoms with Gasteiger partial charge in [-0.1, -0.05) is 30.3 Å². The van der Waals surface area contributed by atoms with Gasteiger partial charge >= 0.3 is 5.97 Å². The van der Waals surface area contributed by atoms with Gasteiger partial charge in [0.15, 0.2) is 17.3 Å². The van der Waals surface area contributed by atoms with E-state index in [9.17, 15) is 9.90 Å². The van der Waals surface area contributed by atoms with Crippen LogP contribution in [0.5, 0.6) is 17.2 Å². The van der Waals surface area contributed by atoms with Gasteiger partial charge in [-0.15, -0.1) is 0 Å². The molecule has 0 bridgehead atoms. The molecule has 0 amide bonds. The fraction of sp³-hybridized carbons (Fsp3) is 0.190. The smallest absolute Gasteiger partial charge is 0.341 e. The number of nitrogens with zero attached hydrogens (tertiary/aromatic N) is 2. The highest BCUT2D eigenvalue weighted by Crippen LogP contribution is 2.40. The Hall–Kier alpha value is -3.81. The molecule has 150 valence electrons. The summed E-state index contributed by atoms with van der Waals surface area (Å²) in [6.07, 6.45) is 1.28. The van der Waals surface area contributed by atoms with Crippen LogP contribution >= 0.6 is 0 Å². The SMILES string of the molecule is COc1cc(-c2ncc(C(=O)O)c(NCc3ccccc3)n2)cc(OC)c1OC. The van der Waals surface area contributed by atoms with Crippen LogP contribution in [0.15, 0.2) is 48.7 Å². The van der Waals surface area contributed by atoms with Gasteiger partial charge in [0.2, 0.25) is 5.75 Å². The number of carboxylic acids is 1. The molecule has 0 atom stereocenters. The number of ether oxygens (including phenoxy) is 3. The molecule has 2 N–H and O–H groups in total. The first kappa shape index (κ1) is 19.9. The van der Waals surface area contributed by atoms with Crippen LogP contribution in [0.1, 0.15) is 15.9 Å². The lowest BCUT2D eigenvalue weighted by Crippen LogP contribution is -2.10. The lowest BCUT2D eigenvalue weighted by atomic mass is 10.1. The molecule has 0 fully saturated rings. The minimum atomic E-state index is -1.11. The molecule has 0 aliphatic carbocycles. The fourth-order valence-electron chi connectivity index (χ4n) is 2.80. The summed E-state index contributed by atoms with van der Waals surface area (Å²) in [5.74, 6) is 0.781. The molecule has 1 heterocycles. The lowest BCUT2D eigenvalue weighted by Gasteiger charge is -2.14. The number of aromatic carboxylic acids is 1. The van der Waals surface area contributed by atoms with Crippen molar-refractivity contribution in [3.8, 4) is 28.6 Å². The third-order valence-electron chi connectivity index (χ3n) is 4.24. The minimum absolute atomic E-state index is 0.0166. The van der Waals surface area contributed by atoms with Crippen LogP contribution in [-0.4, -0.2) is 42.4 Å². The van der Waals surface area contributed by atoms with E-state index in [0.717, 1.165) is 5.56 Å². The van der Waals surface area contributed by atoms with Gasteiger partial charge in [0.05, 0.1) is 21.3 Å². The number of nitrogens with one attached hydrogen (secondary N) is 1. The molecule has 8 heteroatoms. The molecule has 2 aromatic carbocycles. The van der Waals surface area contributed by atoms with Gasteiger partial charge in [-0.3, -0.25) is 0 Å². The third-order valence-corrected chi connectivity index (χ3v) is 4.24. The maximum Gasteiger partial charge on any atom is 0.341 e. The number of benzene rings is 2. The van der Waals surface area contributed by atoms with Crippen molar-refractivity contribution in [3.63, 3.8) is 0 Å². The van der Waals surface area contributed by atoms with Crippen molar-refractivity contribution in [3.05, 3.63) is 59.8 Å². The van der Waals surface area contributed by atoms with E-state index in [-0.39, 0.29) is 11.4 Å². The van der Waals surface area contributed by atoms with Crippen molar-refractivity contribution in [1.82, 2.24) is 9.97 Å². The molecule has 0 aliphatic rings. The van der Waals surface area contributed by atoms with Gasteiger partial charge in [0.25, 0.3) is 0 Å². The predicted molar refractivity (Wildman–Crippen MR) is 108 cm³/mol. The highest BCUT2D eigenvalue weighted by Gasteiger charge is 2.18. The van der Waals surface area contributed by atoms with Crippen molar-refractivity contribution < 1.29 is 24.1 Å². The first-order valence-corrected chi connectivity index (χ1v) is 8.76. The van der Waals surface area contributed by atoms with Gasteiger partial charge in [-0.25, -0.2) is 14.8 Å². The van der Waals surface area contributed by atoms with Crippen LogP contribution in [0.25, 0.3) is 11.4 Å². The molecule has 0 radical (unpaired) electrons. The number of rotatable bonds is 8. The predicted octanol–water partition coefficient (Wildman–Crippen LogP) is 3.48. The van der Waals surface area contributed by atoms with Crippen LogP contribution in [0, 0.1) is 0 Å². The monoisotopic (exact) mass is 395 g/mol. The summed E-state index contributed by atoms with van der Waals surface area (Å²) >= 11 is 0. The van der Waals surface area contributed by atoms with E-state index in [1.165, 1.54) is 27.5 Å². The molecule has 8 nitrogen and oxygen atoms in total. The highest BCUT2D eigenvalue weighted by atomic mass is 16.5. The number of methoxy groups -OCH3 is 3. The third kappa shape index (κ3) is 4.37. The van der Waals surface area contributed by atoms with E-state index in [1.54, 1.807) is 12.1 Å². The molecular weight excluding hydrogens is 374 g/mol. The maximum atomic E-state index is 11.6. The van der Waals surface area contributed by atoms with Crippen LogP contribution in [-0.2, 0) is 6.54 Å². The molecule has 0 spiro atoms. The average molecular weight is 395 g/mol. The Labute approximate surface area is 168 Å². The Morgan fingerprint density at radius 2 is 1.69 bits per heavy atom. The first-order chi connectivity index (χ1) is 14.1. The van der Waals surface area contributed by atoms with Crippen LogP contribution in [0.2, 0.25) is 0 Å². The molecule has 0 unspecified atom stereocenters. The van der Waals surface area contributed by atoms with E-state index >= 15 is 0 Å². The Bertz CT molecular complexity index is 983. The van der Waals surface area contributed by atoms with Crippen molar-refractivity contribution in [2.45, 2.75) is 6.54 Å². The van der Waals surface area contributed by atoms with Crippen LogP contribution < -0.4 is 19.5 Å². The zero-order chi connectivity index (χ0) is 20.8. The molecule has 3 rings (SSSR count). The topological polar surface area (TPSA) is 103 Å². The van der Waals surface area contributed by atoms with E-state index in [1.807, 2.05) is 30.3 Å². The van der Waals surface area contributed by atoms with Crippen molar-refractivity contribution in [1.29, 1.82) is 0 Å². The van der Waals surface area contributed by atoms with Gasteiger partial charge in [0, 0.05) is 18.3 Å². The molecule has 1 aromatic heterocycles. The molecule has 0 saturated heterocycles. The zero-order valence-corrected chi connectivity index (χ0v) is 16.3. The van der Waals surface area contributed by atoms with E-state index in [0.29, 0.717) is 35.2 Å². The number of hydrogen-bond donors (Lipinski definition) is 2. The maximum absolute atomic E-state index is 11.6. The summed E-state index contributed by atoms with van der Waals surface area (Å²) in [5, 5.41) is 12.6. The Morgan fingerprint density at radius 1 is 1.03 bits per heavy atom. The summed E-state index contributed by atoms with van der Waals surface area (Å²) in [6, 6.07) is 13.0. The first-order valence-electron chi connectivity index (χ1n) is 8.76. The number of hydrogen-bond acceptors (Lipinski definition) is 7. The highest BCUT2D eigenvalue weighted by molar-refractivity contribution is 5.93. The van der Waals surface area contributed by atoms with Crippen LogP contribution in [0.4, 0.5) is 5.82 Å². The number of anilines is 1. The fourth-order valence-corrected chi connectivity index (χ4v) is 2.80. The van der Waals surface area contributed by atoms with Gasteiger partial charge in [-0.2, -0.15) is 0 Å². The quantitative estimate of drug-likeness (QED) is 0.598. The number of carboxylic acid groups (broad SMARTS) is 1. The zero-order valence-electron chi connectivity index (χ0n) is 16.3. The van der Waals surface area contributed by atoms with E-state index in [4.69, 9.17) is 14.2 Å². The standard InChI is InChI=1S/C21H21N3O5/c1-27-16-9-14(10-17(28-2)18(16)29-3)19-23-12-15(21(25)26)20(24-19)22-11-13-7-5-4-6-8-13/h4-10,12H,11H2,1-3H3,(H,25,26)(H,22,23,24). The Morgan fingerprint density at radius 3 is 2.24 bits per heavy atom. The van der Waals surface area contributed by atoms with Crippen molar-refractivity contribution >= 4 is 11.8 Å². The van der Waals surface area contributed by atoms with Gasteiger partial charge < -0.3 is 24.6 Å². The summed E-state index contributed by atoms with van der Waals surface area (Å²) < 4.78 is 16.1.